The predicted molar refractivity (Wildman–Crippen MR) is 60.4 cm³/mol. The van der Waals surface area contributed by atoms with Crippen LogP contribution in [0.4, 0.5) is 13.2 Å². The first-order valence-electron chi connectivity index (χ1n) is 5.11. The molecule has 18 heavy (non-hydrogen) atoms. The molecule has 0 bridgehead atoms. The molecule has 0 saturated carbocycles. The van der Waals surface area contributed by atoms with Gasteiger partial charge in [0, 0.05) is 12.1 Å². The van der Waals surface area contributed by atoms with Crippen molar-refractivity contribution in [2.24, 2.45) is 0 Å². The second kappa shape index (κ2) is 5.95. The number of ether oxygens (including phenoxy) is 1. The van der Waals surface area contributed by atoms with E-state index in [-0.39, 0.29) is 5.56 Å². The van der Waals surface area contributed by atoms with E-state index in [1.807, 2.05) is 0 Å². The maximum Gasteiger partial charge on any atom is 0.573 e. The number of carbonyl (C=O) groups is 1. The molecule has 0 fully saturated rings. The number of rotatable bonds is 4. The molecule has 1 amide bonds. The lowest BCUT2D eigenvalue weighted by Gasteiger charge is -2.16. The Morgan fingerprint density at radius 1 is 1.44 bits per heavy atom. The van der Waals surface area contributed by atoms with Gasteiger partial charge < -0.3 is 10.1 Å². The molecule has 0 aromatic heterocycles. The maximum atomic E-state index is 12.2. The molecule has 0 aliphatic heterocycles. The van der Waals surface area contributed by atoms with Crippen LogP contribution < -0.4 is 10.1 Å². The van der Waals surface area contributed by atoms with Crippen LogP contribution in [-0.2, 0) is 4.79 Å². The minimum Gasteiger partial charge on any atom is -0.405 e. The van der Waals surface area contributed by atoms with Crippen molar-refractivity contribution in [1.29, 1.82) is 0 Å². The van der Waals surface area contributed by atoms with Crippen LogP contribution in [0.25, 0.3) is 0 Å². The number of likely N-dealkylation sites (N-methyl/N-ethyl adjacent to an activating group) is 1. The number of amides is 1. The van der Waals surface area contributed by atoms with Gasteiger partial charge in [-0.1, -0.05) is 18.2 Å². The lowest BCUT2D eigenvalue weighted by molar-refractivity contribution is -0.274. The van der Waals surface area contributed by atoms with E-state index < -0.39 is 23.4 Å². The number of hydrogen-bond acceptors (Lipinski definition) is 2. The fourth-order valence-corrected chi connectivity index (χ4v) is 1.57. The van der Waals surface area contributed by atoms with Gasteiger partial charge in [-0.25, -0.2) is 0 Å². The SMILES string of the molecule is CCNC(=O)C(Cl)c1ccccc1OC(F)(F)F. The Morgan fingerprint density at radius 3 is 2.61 bits per heavy atom. The standard InChI is InChI=1S/C11H11ClF3NO2/c1-2-16-10(17)9(12)7-5-3-4-6-8(7)18-11(13,14)15/h3-6,9H,2H2,1H3,(H,16,17). The summed E-state index contributed by atoms with van der Waals surface area (Å²) in [7, 11) is 0. The number of hydrogen-bond donors (Lipinski definition) is 1. The Hall–Kier alpha value is -1.43. The third-order valence-electron chi connectivity index (χ3n) is 2.00. The summed E-state index contributed by atoms with van der Waals surface area (Å²) in [5, 5.41) is 1.19. The first kappa shape index (κ1) is 14.6. The zero-order valence-corrected chi connectivity index (χ0v) is 10.2. The minimum absolute atomic E-state index is 0.0255. The molecule has 1 aromatic rings. The van der Waals surface area contributed by atoms with Crippen molar-refractivity contribution in [2.75, 3.05) is 6.54 Å². The topological polar surface area (TPSA) is 38.3 Å². The second-order valence-corrected chi connectivity index (χ2v) is 3.78. The van der Waals surface area contributed by atoms with Gasteiger partial charge in [0.25, 0.3) is 0 Å². The number of para-hydroxylation sites is 1. The molecule has 1 aromatic carbocycles. The zero-order valence-electron chi connectivity index (χ0n) is 9.42. The highest BCUT2D eigenvalue weighted by atomic mass is 35.5. The predicted octanol–water partition coefficient (Wildman–Crippen LogP) is 3.00. The van der Waals surface area contributed by atoms with Crippen LogP contribution in [-0.4, -0.2) is 18.8 Å². The first-order chi connectivity index (χ1) is 8.35. The van der Waals surface area contributed by atoms with Crippen LogP contribution >= 0.6 is 11.6 Å². The molecule has 1 atom stereocenters. The highest BCUT2D eigenvalue weighted by Gasteiger charge is 2.33. The third kappa shape index (κ3) is 4.10. The molecular weight excluding hydrogens is 271 g/mol. The maximum absolute atomic E-state index is 12.2. The number of alkyl halides is 4. The van der Waals surface area contributed by atoms with Crippen LogP contribution in [0.15, 0.2) is 24.3 Å². The smallest absolute Gasteiger partial charge is 0.405 e. The molecule has 1 unspecified atom stereocenters. The molecule has 0 spiro atoms. The zero-order chi connectivity index (χ0) is 13.8. The highest BCUT2D eigenvalue weighted by molar-refractivity contribution is 6.31. The fraction of sp³-hybridized carbons (Fsp3) is 0.364. The highest BCUT2D eigenvalue weighted by Crippen LogP contribution is 2.33. The van der Waals surface area contributed by atoms with Gasteiger partial charge in [-0.3, -0.25) is 4.79 Å². The first-order valence-corrected chi connectivity index (χ1v) is 5.55. The number of benzene rings is 1. The van der Waals surface area contributed by atoms with E-state index in [0.29, 0.717) is 6.54 Å². The normalized spacial score (nSPS) is 12.9. The van der Waals surface area contributed by atoms with Crippen molar-refractivity contribution in [3.05, 3.63) is 29.8 Å². The quantitative estimate of drug-likeness (QED) is 0.862. The summed E-state index contributed by atoms with van der Waals surface area (Å²) in [5.74, 6) is -1.05. The molecule has 0 saturated heterocycles. The lowest BCUT2D eigenvalue weighted by Crippen LogP contribution is -2.27. The van der Waals surface area contributed by atoms with E-state index >= 15 is 0 Å². The number of halogens is 4. The Bertz CT molecular complexity index is 423. The van der Waals surface area contributed by atoms with E-state index in [0.717, 1.165) is 6.07 Å². The average molecular weight is 282 g/mol. The lowest BCUT2D eigenvalue weighted by atomic mass is 10.1. The molecule has 1 N–H and O–H groups in total. The van der Waals surface area contributed by atoms with E-state index in [2.05, 4.69) is 10.1 Å². The second-order valence-electron chi connectivity index (χ2n) is 3.34. The summed E-state index contributed by atoms with van der Waals surface area (Å²) in [6.07, 6.45) is -4.83. The van der Waals surface area contributed by atoms with Crippen molar-refractivity contribution in [3.8, 4) is 5.75 Å². The third-order valence-corrected chi connectivity index (χ3v) is 2.43. The van der Waals surface area contributed by atoms with Crippen molar-refractivity contribution in [3.63, 3.8) is 0 Å². The van der Waals surface area contributed by atoms with Crippen molar-refractivity contribution in [1.82, 2.24) is 5.32 Å². The molecule has 1 rings (SSSR count). The fourth-order valence-electron chi connectivity index (χ4n) is 1.31. The van der Waals surface area contributed by atoms with Crippen LogP contribution in [0, 0.1) is 0 Å². The van der Waals surface area contributed by atoms with Gasteiger partial charge >= 0.3 is 6.36 Å². The summed E-state index contributed by atoms with van der Waals surface area (Å²) in [6.45, 7) is 2.02. The summed E-state index contributed by atoms with van der Waals surface area (Å²) < 4.78 is 40.3. The Labute approximate surface area is 107 Å². The Morgan fingerprint density at radius 2 is 2.06 bits per heavy atom. The Balaban J connectivity index is 2.98. The van der Waals surface area contributed by atoms with Crippen LogP contribution in [0.1, 0.15) is 17.9 Å². The summed E-state index contributed by atoms with van der Waals surface area (Å²) >= 11 is 5.81. The van der Waals surface area contributed by atoms with Gasteiger partial charge in [0.05, 0.1) is 0 Å². The van der Waals surface area contributed by atoms with Gasteiger partial charge in [-0.15, -0.1) is 24.8 Å². The molecule has 100 valence electrons. The molecule has 0 radical (unpaired) electrons. The van der Waals surface area contributed by atoms with E-state index in [1.54, 1.807) is 6.92 Å². The van der Waals surface area contributed by atoms with Gasteiger partial charge in [0.2, 0.25) is 5.91 Å². The summed E-state index contributed by atoms with van der Waals surface area (Å²) in [4.78, 5) is 11.5. The largest absolute Gasteiger partial charge is 0.573 e. The van der Waals surface area contributed by atoms with E-state index in [9.17, 15) is 18.0 Å². The molecule has 0 heterocycles. The number of carbonyl (C=O) groups excluding carboxylic acids is 1. The van der Waals surface area contributed by atoms with Crippen molar-refractivity contribution >= 4 is 17.5 Å². The van der Waals surface area contributed by atoms with Gasteiger partial charge in [-0.2, -0.15) is 0 Å². The van der Waals surface area contributed by atoms with E-state index in [4.69, 9.17) is 11.6 Å². The molecule has 7 heteroatoms. The van der Waals surface area contributed by atoms with Crippen molar-refractivity contribution in [2.45, 2.75) is 18.7 Å². The van der Waals surface area contributed by atoms with Crippen molar-refractivity contribution < 1.29 is 22.7 Å². The monoisotopic (exact) mass is 281 g/mol. The molecule has 0 aliphatic rings. The van der Waals surface area contributed by atoms with Gasteiger partial charge in [-0.05, 0) is 13.0 Å². The molecule has 0 aliphatic carbocycles. The van der Waals surface area contributed by atoms with Crippen LogP contribution in [0.2, 0.25) is 0 Å². The summed E-state index contributed by atoms with van der Waals surface area (Å²) in [5.41, 5.74) is -0.0255. The Kier molecular flexibility index (Phi) is 4.84. The van der Waals surface area contributed by atoms with Crippen LogP contribution in [0.5, 0.6) is 5.75 Å². The summed E-state index contributed by atoms with van der Waals surface area (Å²) in [6, 6.07) is 5.27. The van der Waals surface area contributed by atoms with E-state index in [1.165, 1.54) is 18.2 Å². The minimum atomic E-state index is -4.83. The average Bonchev–Trinajstić information content (AvgIpc) is 2.27. The van der Waals surface area contributed by atoms with Gasteiger partial charge in [0.15, 0.2) is 0 Å². The van der Waals surface area contributed by atoms with Crippen LogP contribution in [0.3, 0.4) is 0 Å². The molecule has 3 nitrogen and oxygen atoms in total. The number of nitrogens with one attached hydrogen (secondary N) is 1. The molecular formula is C11H11ClF3NO2. The van der Waals surface area contributed by atoms with Gasteiger partial charge in [0.1, 0.15) is 11.1 Å².